The van der Waals surface area contributed by atoms with Crippen molar-refractivity contribution in [3.8, 4) is 10.6 Å². The highest BCUT2D eigenvalue weighted by Gasteiger charge is 2.44. The average Bonchev–Trinajstić information content (AvgIpc) is 3.17. The number of carboxylic acid groups (broad SMARTS) is 1. The molecule has 7 heteroatoms. The number of hydrogen-bond donors (Lipinski definition) is 2. The van der Waals surface area contributed by atoms with Gasteiger partial charge in [-0.25, -0.2) is 9.78 Å². The summed E-state index contributed by atoms with van der Waals surface area (Å²) in [7, 11) is 0. The van der Waals surface area contributed by atoms with Gasteiger partial charge in [0.1, 0.15) is 10.7 Å². The van der Waals surface area contributed by atoms with E-state index in [1.165, 1.54) is 11.3 Å². The number of aromatic nitrogens is 1. The zero-order valence-electron chi connectivity index (χ0n) is 12.5. The third-order valence-electron chi connectivity index (χ3n) is 3.90. The number of nitrogens with zero attached hydrogens (tertiary/aromatic N) is 1. The Balaban J connectivity index is 1.82. The molecule has 2 N–H and O–H groups in total. The monoisotopic (exact) mass is 332 g/mol. The summed E-state index contributed by atoms with van der Waals surface area (Å²) in [5.74, 6) is -1.58. The van der Waals surface area contributed by atoms with Crippen molar-refractivity contribution >= 4 is 23.2 Å². The molecule has 0 spiro atoms. The Morgan fingerprint density at radius 3 is 2.83 bits per heavy atom. The maximum Gasteiger partial charge on any atom is 0.331 e. The van der Waals surface area contributed by atoms with Crippen molar-refractivity contribution in [1.29, 1.82) is 0 Å². The second-order valence-corrected chi connectivity index (χ2v) is 6.35. The largest absolute Gasteiger partial charge is 0.479 e. The molecule has 0 saturated carbocycles. The van der Waals surface area contributed by atoms with Crippen molar-refractivity contribution in [3.05, 3.63) is 40.9 Å². The average molecular weight is 332 g/mol. The molecule has 0 radical (unpaired) electrons. The molecule has 120 valence electrons. The summed E-state index contributed by atoms with van der Waals surface area (Å²) < 4.78 is 5.14. The Morgan fingerprint density at radius 1 is 1.39 bits per heavy atom. The van der Waals surface area contributed by atoms with E-state index in [9.17, 15) is 14.7 Å². The first-order valence-electron chi connectivity index (χ1n) is 7.17. The van der Waals surface area contributed by atoms with Crippen molar-refractivity contribution in [2.75, 3.05) is 13.2 Å². The van der Waals surface area contributed by atoms with Gasteiger partial charge in [-0.1, -0.05) is 24.3 Å². The lowest BCUT2D eigenvalue weighted by atomic mass is 9.99. The predicted molar refractivity (Wildman–Crippen MR) is 85.6 cm³/mol. The van der Waals surface area contributed by atoms with E-state index in [2.05, 4.69) is 10.3 Å². The summed E-state index contributed by atoms with van der Waals surface area (Å²) in [6.45, 7) is 2.27. The molecule has 23 heavy (non-hydrogen) atoms. The molecule has 1 aromatic carbocycles. The van der Waals surface area contributed by atoms with Crippen LogP contribution in [0.2, 0.25) is 0 Å². The van der Waals surface area contributed by atoms with Gasteiger partial charge in [-0.2, -0.15) is 0 Å². The normalized spacial score (nSPS) is 20.4. The zero-order valence-corrected chi connectivity index (χ0v) is 13.4. The van der Waals surface area contributed by atoms with Crippen molar-refractivity contribution in [2.45, 2.75) is 18.9 Å². The minimum Gasteiger partial charge on any atom is -0.479 e. The second kappa shape index (κ2) is 6.10. The van der Waals surface area contributed by atoms with E-state index < -0.39 is 17.4 Å². The molecule has 1 aromatic heterocycles. The van der Waals surface area contributed by atoms with Crippen molar-refractivity contribution in [2.24, 2.45) is 0 Å². The Hall–Kier alpha value is -2.25. The first-order chi connectivity index (χ1) is 11.0. The van der Waals surface area contributed by atoms with Gasteiger partial charge in [0.25, 0.3) is 5.91 Å². The van der Waals surface area contributed by atoms with Crippen molar-refractivity contribution < 1.29 is 19.4 Å². The molecule has 3 rings (SSSR count). The number of aliphatic carboxylic acids is 1. The first kappa shape index (κ1) is 15.6. The van der Waals surface area contributed by atoms with E-state index in [0.717, 1.165) is 16.1 Å². The number of carboxylic acids is 1. The fourth-order valence-corrected chi connectivity index (χ4v) is 3.37. The number of amides is 1. The lowest BCUT2D eigenvalue weighted by molar-refractivity contribution is -0.144. The number of aryl methyl sites for hydroxylation is 1. The molecule has 1 saturated heterocycles. The Kier molecular flexibility index (Phi) is 4.14. The fourth-order valence-electron chi connectivity index (χ4n) is 2.48. The van der Waals surface area contributed by atoms with Gasteiger partial charge in [0.2, 0.25) is 0 Å². The summed E-state index contributed by atoms with van der Waals surface area (Å²) >= 11 is 1.36. The van der Waals surface area contributed by atoms with Crippen LogP contribution in [0, 0.1) is 6.92 Å². The van der Waals surface area contributed by atoms with E-state index in [1.54, 1.807) is 5.38 Å². The van der Waals surface area contributed by atoms with E-state index in [1.807, 2.05) is 31.2 Å². The van der Waals surface area contributed by atoms with Crippen LogP contribution in [-0.2, 0) is 9.53 Å². The number of ether oxygens (including phenoxy) is 1. The van der Waals surface area contributed by atoms with Gasteiger partial charge < -0.3 is 15.2 Å². The van der Waals surface area contributed by atoms with Gasteiger partial charge in [-0.3, -0.25) is 4.79 Å². The molecule has 1 unspecified atom stereocenters. The van der Waals surface area contributed by atoms with Gasteiger partial charge in [-0.15, -0.1) is 11.3 Å². The molecule has 1 aliphatic heterocycles. The summed E-state index contributed by atoms with van der Waals surface area (Å²) in [4.78, 5) is 28.1. The molecule has 0 aliphatic carbocycles. The second-order valence-electron chi connectivity index (χ2n) is 5.50. The molecule has 1 atom stereocenters. The molecular formula is C16H16N2O4S. The molecular weight excluding hydrogens is 316 g/mol. The van der Waals surface area contributed by atoms with Gasteiger partial charge >= 0.3 is 5.97 Å². The van der Waals surface area contributed by atoms with E-state index in [0.29, 0.717) is 6.61 Å². The van der Waals surface area contributed by atoms with Gasteiger partial charge in [0.15, 0.2) is 5.54 Å². The summed E-state index contributed by atoms with van der Waals surface area (Å²) in [5.41, 5.74) is 0.901. The van der Waals surface area contributed by atoms with Gasteiger partial charge in [0.05, 0.1) is 6.61 Å². The number of nitrogens with one attached hydrogen (secondary N) is 1. The van der Waals surface area contributed by atoms with Crippen molar-refractivity contribution in [3.63, 3.8) is 0 Å². The Morgan fingerprint density at radius 2 is 2.17 bits per heavy atom. The number of thiazole rings is 1. The third kappa shape index (κ3) is 2.97. The number of benzene rings is 1. The number of carbonyl (C=O) groups is 2. The maximum atomic E-state index is 12.4. The van der Waals surface area contributed by atoms with E-state index in [-0.39, 0.29) is 18.7 Å². The standard InChI is InChI=1S/C16H16N2O4S/c1-10-4-2-3-5-11(10)14-17-12(8-23-14)13(19)18-16(15(20)21)6-7-22-9-16/h2-5,8H,6-7,9H2,1H3,(H,18,19)(H,20,21). The lowest BCUT2D eigenvalue weighted by Crippen LogP contribution is -2.55. The number of hydrogen-bond acceptors (Lipinski definition) is 5. The molecule has 1 aliphatic rings. The number of rotatable bonds is 4. The van der Waals surface area contributed by atoms with Crippen LogP contribution in [0.25, 0.3) is 10.6 Å². The minimum absolute atomic E-state index is 0.0249. The molecule has 0 bridgehead atoms. The molecule has 2 heterocycles. The van der Waals surface area contributed by atoms with E-state index >= 15 is 0 Å². The van der Waals surface area contributed by atoms with Gasteiger partial charge in [0, 0.05) is 24.0 Å². The van der Waals surface area contributed by atoms with Gasteiger partial charge in [-0.05, 0) is 12.5 Å². The predicted octanol–water partition coefficient (Wildman–Crippen LogP) is 2.09. The molecule has 2 aromatic rings. The Labute approximate surface area is 137 Å². The van der Waals surface area contributed by atoms with Crippen LogP contribution in [0.3, 0.4) is 0 Å². The molecule has 1 amide bonds. The van der Waals surface area contributed by atoms with Crippen LogP contribution >= 0.6 is 11.3 Å². The summed E-state index contributed by atoms with van der Waals surface area (Å²) in [6, 6.07) is 7.78. The molecule has 1 fully saturated rings. The smallest absolute Gasteiger partial charge is 0.331 e. The van der Waals surface area contributed by atoms with Crippen LogP contribution in [-0.4, -0.2) is 40.7 Å². The fraction of sp³-hybridized carbons (Fsp3) is 0.312. The first-order valence-corrected chi connectivity index (χ1v) is 8.05. The molecule has 6 nitrogen and oxygen atoms in total. The van der Waals surface area contributed by atoms with Crippen molar-refractivity contribution in [1.82, 2.24) is 10.3 Å². The SMILES string of the molecule is Cc1ccccc1-c1nc(C(=O)NC2(C(=O)O)CCOC2)cs1. The summed E-state index contributed by atoms with van der Waals surface area (Å²) in [6.07, 6.45) is 0.253. The highest BCUT2D eigenvalue weighted by molar-refractivity contribution is 7.13. The highest BCUT2D eigenvalue weighted by atomic mass is 32.1. The van der Waals surface area contributed by atoms with Crippen LogP contribution in [0.15, 0.2) is 29.6 Å². The lowest BCUT2D eigenvalue weighted by Gasteiger charge is -2.22. The van der Waals surface area contributed by atoms with E-state index in [4.69, 9.17) is 4.74 Å². The maximum absolute atomic E-state index is 12.4. The Bertz CT molecular complexity index is 750. The quantitative estimate of drug-likeness (QED) is 0.895. The highest BCUT2D eigenvalue weighted by Crippen LogP contribution is 2.27. The van der Waals surface area contributed by atoms with Crippen LogP contribution in [0.5, 0.6) is 0 Å². The number of carbonyl (C=O) groups excluding carboxylic acids is 1. The van der Waals surface area contributed by atoms with Crippen LogP contribution < -0.4 is 5.32 Å². The summed E-state index contributed by atoms with van der Waals surface area (Å²) in [5, 5.41) is 14.3. The third-order valence-corrected chi connectivity index (χ3v) is 4.77. The van der Waals surface area contributed by atoms with Crippen LogP contribution in [0.4, 0.5) is 0 Å². The topological polar surface area (TPSA) is 88.5 Å². The zero-order chi connectivity index (χ0) is 16.4. The van der Waals surface area contributed by atoms with Crippen LogP contribution in [0.1, 0.15) is 22.5 Å². The minimum atomic E-state index is -1.36.